The molecule has 1 N–H and O–H groups in total. The third-order valence-corrected chi connectivity index (χ3v) is 4.37. The van der Waals surface area contributed by atoms with Crippen LogP contribution in [0.3, 0.4) is 0 Å². The van der Waals surface area contributed by atoms with Crippen LogP contribution in [0.2, 0.25) is 0 Å². The van der Waals surface area contributed by atoms with Gasteiger partial charge in [0.1, 0.15) is 0 Å². The maximum absolute atomic E-state index is 8.88. The Morgan fingerprint density at radius 1 is 1.12 bits per heavy atom. The molecule has 0 spiro atoms. The lowest BCUT2D eigenvalue weighted by Crippen LogP contribution is -2.18. The summed E-state index contributed by atoms with van der Waals surface area (Å²) in [5, 5.41) is 12.4. The van der Waals surface area contributed by atoms with Crippen LogP contribution in [0.25, 0.3) is 0 Å². The Hall–Kier alpha value is -2.90. The summed E-state index contributed by atoms with van der Waals surface area (Å²) >= 11 is 0. The van der Waals surface area contributed by atoms with Crippen LogP contribution >= 0.6 is 0 Å². The van der Waals surface area contributed by atoms with Crippen molar-refractivity contribution in [2.24, 2.45) is 0 Å². The van der Waals surface area contributed by atoms with Crippen molar-refractivity contribution in [2.75, 3.05) is 6.54 Å². The first-order valence-electron chi connectivity index (χ1n) is 8.49. The average molecular weight is 330 g/mol. The largest absolute Gasteiger partial charge is 0.330 e. The molecule has 0 unspecified atom stereocenters. The molecule has 3 aromatic rings. The Morgan fingerprint density at radius 3 is 2.68 bits per heavy atom. The molecule has 0 atom stereocenters. The Kier molecular flexibility index (Phi) is 5.61. The van der Waals surface area contributed by atoms with Crippen molar-refractivity contribution in [1.29, 1.82) is 5.26 Å². The molecular weight excluding hydrogens is 308 g/mol. The minimum atomic E-state index is 0.690. The fourth-order valence-electron chi connectivity index (χ4n) is 2.83. The van der Waals surface area contributed by atoms with Gasteiger partial charge in [-0.3, -0.25) is 0 Å². The molecule has 0 aliphatic carbocycles. The number of aryl methyl sites for hydroxylation is 1. The highest BCUT2D eigenvalue weighted by Gasteiger charge is 2.04. The maximum atomic E-state index is 8.88. The number of benzene rings is 2. The topological polar surface area (TPSA) is 53.6 Å². The van der Waals surface area contributed by atoms with Gasteiger partial charge in [0.25, 0.3) is 0 Å². The molecule has 4 nitrogen and oxygen atoms in total. The second kappa shape index (κ2) is 8.27. The van der Waals surface area contributed by atoms with E-state index in [9.17, 15) is 0 Å². The van der Waals surface area contributed by atoms with Crippen molar-refractivity contribution in [2.45, 2.75) is 26.4 Å². The highest BCUT2D eigenvalue weighted by Crippen LogP contribution is 2.09. The van der Waals surface area contributed by atoms with Crippen LogP contribution in [0.5, 0.6) is 0 Å². The summed E-state index contributed by atoms with van der Waals surface area (Å²) in [6.07, 6.45) is 4.73. The first-order valence-corrected chi connectivity index (χ1v) is 8.49. The van der Waals surface area contributed by atoms with Crippen molar-refractivity contribution >= 4 is 0 Å². The van der Waals surface area contributed by atoms with Crippen molar-refractivity contribution in [1.82, 2.24) is 14.9 Å². The minimum Gasteiger partial charge on any atom is -0.330 e. The van der Waals surface area contributed by atoms with Crippen LogP contribution < -0.4 is 5.32 Å². The first kappa shape index (κ1) is 16.9. The molecule has 0 saturated carbocycles. The molecule has 0 bridgehead atoms. The number of nitrogens with zero attached hydrogens (tertiary/aromatic N) is 3. The van der Waals surface area contributed by atoms with Crippen LogP contribution in [0, 0.1) is 18.3 Å². The van der Waals surface area contributed by atoms with Gasteiger partial charge in [0.15, 0.2) is 0 Å². The van der Waals surface area contributed by atoms with E-state index in [1.807, 2.05) is 36.8 Å². The van der Waals surface area contributed by atoms with E-state index in [2.05, 4.69) is 52.1 Å². The van der Waals surface area contributed by atoms with Crippen molar-refractivity contribution in [3.63, 3.8) is 0 Å². The fraction of sp³-hybridized carbons (Fsp3) is 0.238. The van der Waals surface area contributed by atoms with Crippen LogP contribution in [0.1, 0.15) is 27.9 Å². The summed E-state index contributed by atoms with van der Waals surface area (Å²) in [6.45, 7) is 4.71. The van der Waals surface area contributed by atoms with Gasteiger partial charge in [-0.05, 0) is 35.7 Å². The quantitative estimate of drug-likeness (QED) is 0.675. The molecule has 1 aromatic heterocycles. The normalized spacial score (nSPS) is 10.6. The van der Waals surface area contributed by atoms with Gasteiger partial charge >= 0.3 is 0 Å². The Balaban J connectivity index is 1.53. The van der Waals surface area contributed by atoms with E-state index in [1.165, 1.54) is 22.4 Å². The van der Waals surface area contributed by atoms with E-state index in [1.54, 1.807) is 0 Å². The SMILES string of the molecule is Cc1ccccc1CNCCc1cncn1Cc1ccc(C#N)cc1. The zero-order valence-electron chi connectivity index (χ0n) is 14.4. The second-order valence-corrected chi connectivity index (χ2v) is 6.17. The molecule has 0 amide bonds. The Labute approximate surface area is 148 Å². The smallest absolute Gasteiger partial charge is 0.0991 e. The van der Waals surface area contributed by atoms with Gasteiger partial charge in [-0.15, -0.1) is 0 Å². The minimum absolute atomic E-state index is 0.690. The molecule has 0 aliphatic heterocycles. The van der Waals surface area contributed by atoms with Gasteiger partial charge in [0, 0.05) is 37.9 Å². The van der Waals surface area contributed by atoms with Gasteiger partial charge in [-0.1, -0.05) is 36.4 Å². The van der Waals surface area contributed by atoms with Crippen LogP contribution in [0.4, 0.5) is 0 Å². The molecule has 3 rings (SSSR count). The van der Waals surface area contributed by atoms with Crippen LogP contribution in [-0.4, -0.2) is 16.1 Å². The standard InChI is InChI=1S/C21H22N4/c1-17-4-2-3-5-20(17)13-23-11-10-21-14-24-16-25(21)15-19-8-6-18(12-22)7-9-19/h2-9,14,16,23H,10-11,13,15H2,1H3. The fourth-order valence-corrected chi connectivity index (χ4v) is 2.83. The number of hydrogen-bond donors (Lipinski definition) is 1. The number of aromatic nitrogens is 2. The summed E-state index contributed by atoms with van der Waals surface area (Å²) in [6, 6.07) is 18.3. The van der Waals surface area contributed by atoms with Gasteiger partial charge in [-0.2, -0.15) is 5.26 Å². The molecule has 0 fully saturated rings. The molecule has 0 radical (unpaired) electrons. The zero-order valence-corrected chi connectivity index (χ0v) is 14.4. The van der Waals surface area contributed by atoms with Gasteiger partial charge in [0.2, 0.25) is 0 Å². The summed E-state index contributed by atoms with van der Waals surface area (Å²) < 4.78 is 2.16. The lowest BCUT2D eigenvalue weighted by molar-refractivity contribution is 0.651. The van der Waals surface area contributed by atoms with Gasteiger partial charge in [-0.25, -0.2) is 4.98 Å². The predicted molar refractivity (Wildman–Crippen MR) is 99.1 cm³/mol. The third kappa shape index (κ3) is 4.56. The number of hydrogen-bond acceptors (Lipinski definition) is 3. The van der Waals surface area contributed by atoms with E-state index in [4.69, 9.17) is 5.26 Å². The third-order valence-electron chi connectivity index (χ3n) is 4.37. The molecule has 0 saturated heterocycles. The zero-order chi connectivity index (χ0) is 17.5. The van der Waals surface area contributed by atoms with Gasteiger partial charge in [0.05, 0.1) is 18.0 Å². The number of imidazole rings is 1. The number of rotatable bonds is 7. The second-order valence-electron chi connectivity index (χ2n) is 6.17. The monoisotopic (exact) mass is 330 g/mol. The lowest BCUT2D eigenvalue weighted by Gasteiger charge is -2.10. The Bertz CT molecular complexity index is 856. The summed E-state index contributed by atoms with van der Waals surface area (Å²) in [7, 11) is 0. The predicted octanol–water partition coefficient (Wildman–Crippen LogP) is 3.44. The van der Waals surface area contributed by atoms with Crippen molar-refractivity contribution in [3.8, 4) is 6.07 Å². The van der Waals surface area contributed by atoms with E-state index in [-0.39, 0.29) is 0 Å². The van der Waals surface area contributed by atoms with Crippen LogP contribution in [-0.2, 0) is 19.5 Å². The van der Waals surface area contributed by atoms with E-state index in [0.29, 0.717) is 5.56 Å². The molecule has 2 aromatic carbocycles. The molecule has 1 heterocycles. The maximum Gasteiger partial charge on any atom is 0.0991 e. The number of nitrogens with one attached hydrogen (secondary N) is 1. The number of nitriles is 1. The van der Waals surface area contributed by atoms with E-state index in [0.717, 1.165) is 26.1 Å². The highest BCUT2D eigenvalue weighted by molar-refractivity contribution is 5.31. The van der Waals surface area contributed by atoms with Gasteiger partial charge < -0.3 is 9.88 Å². The summed E-state index contributed by atoms with van der Waals surface area (Å²) in [4.78, 5) is 4.29. The Morgan fingerprint density at radius 2 is 1.92 bits per heavy atom. The van der Waals surface area contributed by atoms with Crippen molar-refractivity contribution < 1.29 is 0 Å². The summed E-state index contributed by atoms with van der Waals surface area (Å²) in [5.74, 6) is 0. The average Bonchev–Trinajstić information content (AvgIpc) is 3.08. The van der Waals surface area contributed by atoms with Crippen LogP contribution in [0.15, 0.2) is 61.1 Å². The van der Waals surface area contributed by atoms with E-state index >= 15 is 0 Å². The van der Waals surface area contributed by atoms with E-state index < -0.39 is 0 Å². The first-order chi connectivity index (χ1) is 12.3. The molecule has 0 aliphatic rings. The molecular formula is C21H22N4. The lowest BCUT2D eigenvalue weighted by atomic mass is 10.1. The van der Waals surface area contributed by atoms with Crippen molar-refractivity contribution in [3.05, 3.63) is 89.0 Å². The highest BCUT2D eigenvalue weighted by atomic mass is 15.0. The molecule has 25 heavy (non-hydrogen) atoms. The summed E-state index contributed by atoms with van der Waals surface area (Å²) in [5.41, 5.74) is 5.73. The molecule has 4 heteroatoms. The molecule has 126 valence electrons.